The van der Waals surface area contributed by atoms with Gasteiger partial charge in [-0.1, -0.05) is 12.1 Å². The molecule has 0 spiro atoms. The maximum absolute atomic E-state index is 10.5. The highest BCUT2D eigenvalue weighted by Crippen LogP contribution is 2.14. The lowest BCUT2D eigenvalue weighted by Crippen LogP contribution is -1.91. The third kappa shape index (κ3) is 3.88. The van der Waals surface area contributed by atoms with E-state index in [1.165, 1.54) is 12.5 Å². The van der Waals surface area contributed by atoms with Crippen LogP contribution < -0.4 is 4.74 Å². The van der Waals surface area contributed by atoms with E-state index in [2.05, 4.69) is 16.7 Å². The number of hydrogen-bond donors (Lipinski definition) is 0. The van der Waals surface area contributed by atoms with E-state index in [1.54, 1.807) is 31.2 Å². The minimum Gasteiger partial charge on any atom is -0.460 e. The van der Waals surface area contributed by atoms with Gasteiger partial charge in [-0.05, 0) is 25.8 Å². The van der Waals surface area contributed by atoms with Crippen molar-refractivity contribution in [2.75, 3.05) is 0 Å². The normalized spacial score (nSPS) is 11.4. The Kier molecular flexibility index (Phi) is 4.66. The smallest absolute Gasteiger partial charge is 0.150 e. The Morgan fingerprint density at radius 1 is 1.50 bits per heavy atom. The van der Waals surface area contributed by atoms with E-state index in [9.17, 15) is 4.79 Å². The molecule has 82 valence electrons. The van der Waals surface area contributed by atoms with Crippen LogP contribution in [0.15, 0.2) is 46.2 Å². The van der Waals surface area contributed by atoms with Gasteiger partial charge in [0, 0.05) is 5.56 Å². The Balaban J connectivity index is 2.72. The molecule has 1 rings (SSSR count). The number of allylic oxidation sites excluding steroid dienone is 1. The van der Waals surface area contributed by atoms with Gasteiger partial charge in [0.1, 0.15) is 24.1 Å². The summed E-state index contributed by atoms with van der Waals surface area (Å²) in [6, 6.07) is 6.87. The number of nitrogens with zero attached hydrogens (tertiary/aromatic N) is 2. The van der Waals surface area contributed by atoms with Crippen LogP contribution in [0.1, 0.15) is 17.3 Å². The Labute approximate surface area is 94.0 Å². The number of ether oxygens (including phenoxy) is 1. The monoisotopic (exact) mass is 216 g/mol. The van der Waals surface area contributed by atoms with Crippen molar-refractivity contribution in [1.29, 1.82) is 0 Å². The molecule has 0 amide bonds. The van der Waals surface area contributed by atoms with Gasteiger partial charge in [0.2, 0.25) is 0 Å². The summed E-state index contributed by atoms with van der Waals surface area (Å²) >= 11 is 0. The fourth-order valence-corrected chi connectivity index (χ4v) is 1.05. The van der Waals surface area contributed by atoms with Gasteiger partial charge in [0.15, 0.2) is 0 Å². The molecule has 0 heterocycles. The van der Waals surface area contributed by atoms with Crippen molar-refractivity contribution in [2.45, 2.75) is 6.92 Å². The third-order valence-corrected chi connectivity index (χ3v) is 1.68. The van der Waals surface area contributed by atoms with Crippen LogP contribution in [0.25, 0.3) is 0 Å². The molecule has 0 aliphatic rings. The third-order valence-electron chi connectivity index (χ3n) is 1.68. The molecule has 0 atom stereocenters. The number of benzene rings is 1. The van der Waals surface area contributed by atoms with Crippen molar-refractivity contribution in [3.8, 4) is 5.75 Å². The molecule has 0 aliphatic carbocycles. The molecule has 16 heavy (non-hydrogen) atoms. The number of carbonyl (C=O) groups is 1. The van der Waals surface area contributed by atoms with E-state index in [4.69, 9.17) is 4.74 Å². The van der Waals surface area contributed by atoms with Gasteiger partial charge in [-0.3, -0.25) is 9.79 Å². The lowest BCUT2D eigenvalue weighted by Gasteiger charge is -2.04. The fourth-order valence-electron chi connectivity index (χ4n) is 1.05. The summed E-state index contributed by atoms with van der Waals surface area (Å²) in [7, 11) is 0. The highest BCUT2D eigenvalue weighted by atomic mass is 16.5. The van der Waals surface area contributed by atoms with Gasteiger partial charge < -0.3 is 4.74 Å². The minimum absolute atomic E-state index is 0.571. The van der Waals surface area contributed by atoms with Crippen molar-refractivity contribution in [3.05, 3.63) is 41.8 Å². The van der Waals surface area contributed by atoms with Crippen molar-refractivity contribution >= 4 is 19.3 Å². The molecule has 0 unspecified atom stereocenters. The zero-order valence-electron chi connectivity index (χ0n) is 8.96. The number of aldehydes is 1. The van der Waals surface area contributed by atoms with E-state index in [0.29, 0.717) is 17.1 Å². The summed E-state index contributed by atoms with van der Waals surface area (Å²) in [5.74, 6) is 1.20. The van der Waals surface area contributed by atoms with E-state index in [0.717, 1.165) is 6.29 Å². The number of aliphatic imine (C=N–C) groups is 2. The van der Waals surface area contributed by atoms with Crippen LogP contribution in [0.3, 0.4) is 0 Å². The quantitative estimate of drug-likeness (QED) is 0.328. The average molecular weight is 216 g/mol. The lowest BCUT2D eigenvalue weighted by molar-refractivity contribution is 0.112. The Morgan fingerprint density at radius 3 is 3.00 bits per heavy atom. The second-order valence-corrected chi connectivity index (χ2v) is 2.98. The molecule has 0 saturated heterocycles. The SMILES string of the molecule is C=N/C=N\C=C(/C)Oc1cccc(C=O)c1. The molecule has 0 aromatic heterocycles. The molecule has 0 fully saturated rings. The largest absolute Gasteiger partial charge is 0.460 e. The van der Waals surface area contributed by atoms with Gasteiger partial charge in [0.25, 0.3) is 0 Å². The first-order valence-corrected chi connectivity index (χ1v) is 4.63. The van der Waals surface area contributed by atoms with E-state index >= 15 is 0 Å². The number of hydrogen-bond acceptors (Lipinski definition) is 3. The maximum atomic E-state index is 10.5. The van der Waals surface area contributed by atoms with Crippen LogP contribution >= 0.6 is 0 Å². The first-order valence-electron chi connectivity index (χ1n) is 4.63. The van der Waals surface area contributed by atoms with Crippen LogP contribution in [0, 0.1) is 0 Å². The minimum atomic E-state index is 0.571. The van der Waals surface area contributed by atoms with Gasteiger partial charge in [0.05, 0.1) is 6.20 Å². The maximum Gasteiger partial charge on any atom is 0.150 e. The summed E-state index contributed by atoms with van der Waals surface area (Å²) in [5.41, 5.74) is 0.571. The second-order valence-electron chi connectivity index (χ2n) is 2.98. The van der Waals surface area contributed by atoms with Crippen LogP contribution in [0.2, 0.25) is 0 Å². The highest BCUT2D eigenvalue weighted by Gasteiger charge is 1.96. The van der Waals surface area contributed by atoms with E-state index < -0.39 is 0 Å². The molecule has 0 bridgehead atoms. The Bertz CT molecular complexity index is 436. The summed E-state index contributed by atoms with van der Waals surface area (Å²) < 4.78 is 5.43. The molecule has 1 aromatic rings. The lowest BCUT2D eigenvalue weighted by atomic mass is 10.2. The fraction of sp³-hybridized carbons (Fsp3) is 0.0833. The van der Waals surface area contributed by atoms with Crippen molar-refractivity contribution < 1.29 is 9.53 Å². The summed E-state index contributed by atoms with van der Waals surface area (Å²) in [4.78, 5) is 17.8. The van der Waals surface area contributed by atoms with Crippen molar-refractivity contribution in [3.63, 3.8) is 0 Å². The van der Waals surface area contributed by atoms with Crippen LogP contribution in [-0.2, 0) is 0 Å². The van der Waals surface area contributed by atoms with Gasteiger partial charge in [-0.15, -0.1) is 0 Å². The van der Waals surface area contributed by atoms with Crippen LogP contribution in [0.4, 0.5) is 0 Å². The van der Waals surface area contributed by atoms with Crippen molar-refractivity contribution in [2.24, 2.45) is 9.98 Å². The standard InChI is InChI=1S/C12H12N2O2/c1-10(7-14-9-13-2)16-12-5-3-4-11(6-12)8-15/h3-9H,2H2,1H3/b10-7+,14-9-. The van der Waals surface area contributed by atoms with Gasteiger partial charge >= 0.3 is 0 Å². The summed E-state index contributed by atoms with van der Waals surface area (Å²) in [5, 5.41) is 0. The molecule has 1 aromatic carbocycles. The van der Waals surface area contributed by atoms with Crippen molar-refractivity contribution in [1.82, 2.24) is 0 Å². The first-order chi connectivity index (χ1) is 7.76. The topological polar surface area (TPSA) is 51.0 Å². The number of carbonyl (C=O) groups excluding carboxylic acids is 1. The van der Waals surface area contributed by atoms with Gasteiger partial charge in [-0.2, -0.15) is 0 Å². The van der Waals surface area contributed by atoms with Crippen LogP contribution in [0.5, 0.6) is 5.75 Å². The second kappa shape index (κ2) is 6.29. The van der Waals surface area contributed by atoms with Crippen LogP contribution in [-0.4, -0.2) is 19.3 Å². The predicted octanol–water partition coefficient (Wildman–Crippen LogP) is 2.47. The molecular weight excluding hydrogens is 204 g/mol. The summed E-state index contributed by atoms with van der Waals surface area (Å²) in [6.45, 7) is 5.01. The molecule has 0 saturated carbocycles. The zero-order chi connectivity index (χ0) is 11.8. The number of rotatable bonds is 5. The Hall–Kier alpha value is -2.23. The Morgan fingerprint density at radius 2 is 2.31 bits per heavy atom. The first kappa shape index (κ1) is 11.8. The zero-order valence-corrected chi connectivity index (χ0v) is 8.96. The average Bonchev–Trinajstić information content (AvgIpc) is 2.29. The van der Waals surface area contributed by atoms with E-state index in [1.807, 2.05) is 0 Å². The molecule has 0 aliphatic heterocycles. The van der Waals surface area contributed by atoms with Gasteiger partial charge in [-0.25, -0.2) is 4.99 Å². The summed E-state index contributed by atoms with van der Waals surface area (Å²) in [6.07, 6.45) is 3.60. The molecule has 4 heteroatoms. The molecule has 4 nitrogen and oxygen atoms in total. The molecule has 0 N–H and O–H groups in total. The highest BCUT2D eigenvalue weighted by molar-refractivity contribution is 5.75. The molecule has 0 radical (unpaired) electrons. The molecular formula is C12H12N2O2. The van der Waals surface area contributed by atoms with E-state index in [-0.39, 0.29) is 0 Å². The predicted molar refractivity (Wildman–Crippen MR) is 64.3 cm³/mol.